The first-order valence-electron chi connectivity index (χ1n) is 4.89. The lowest BCUT2D eigenvalue weighted by molar-refractivity contribution is 0.0339. The van der Waals surface area contributed by atoms with Crippen LogP contribution in [0.2, 0.25) is 0 Å². The van der Waals surface area contributed by atoms with E-state index in [9.17, 15) is 5.11 Å². The van der Waals surface area contributed by atoms with Crippen molar-refractivity contribution in [3.63, 3.8) is 0 Å². The predicted molar refractivity (Wildman–Crippen MR) is 55.8 cm³/mol. The molecule has 0 fully saturated rings. The van der Waals surface area contributed by atoms with Crippen molar-refractivity contribution in [1.29, 1.82) is 0 Å². The Balaban J connectivity index is 2.22. The molecule has 0 radical (unpaired) electrons. The van der Waals surface area contributed by atoms with Gasteiger partial charge in [-0.2, -0.15) is 0 Å². The minimum Gasteiger partial charge on any atom is -0.378 e. The number of nitrogens with zero attached hydrogens (tertiary/aromatic N) is 1. The molecule has 1 aromatic rings. The topological polar surface area (TPSA) is 60.9 Å². The van der Waals surface area contributed by atoms with Gasteiger partial charge in [-0.25, -0.2) is 4.98 Å². The first-order valence-corrected chi connectivity index (χ1v) is 4.89. The molecule has 0 saturated heterocycles. The Morgan fingerprint density at radius 1 is 1.57 bits per heavy atom. The number of aliphatic hydroxyl groups is 1. The Bertz CT molecular complexity index is 251. The molecule has 0 spiro atoms. The number of aliphatic hydroxyl groups excluding tert-OH is 1. The molecule has 1 unspecified atom stereocenters. The van der Waals surface area contributed by atoms with Gasteiger partial charge in [-0.05, 0) is 0 Å². The lowest BCUT2D eigenvalue weighted by atomic mass is 9.94. The van der Waals surface area contributed by atoms with Gasteiger partial charge in [0.2, 0.25) is 0 Å². The molecule has 14 heavy (non-hydrogen) atoms. The zero-order chi connectivity index (χ0) is 10.6. The molecule has 0 amide bonds. The van der Waals surface area contributed by atoms with Crippen molar-refractivity contribution in [3.05, 3.63) is 18.2 Å². The monoisotopic (exact) mass is 197 g/mol. The van der Waals surface area contributed by atoms with E-state index in [0.717, 1.165) is 18.7 Å². The molecule has 3 N–H and O–H groups in total. The largest absolute Gasteiger partial charge is 0.378 e. The normalized spacial score (nSPS) is 14.3. The summed E-state index contributed by atoms with van der Waals surface area (Å²) in [6.45, 7) is 6.75. The number of hydrogen-bond acceptors (Lipinski definition) is 3. The van der Waals surface area contributed by atoms with Gasteiger partial charge in [0.05, 0.1) is 6.33 Å². The molecule has 4 heteroatoms. The standard InChI is InChI=1S/C10H19N3O/c1-10(2,3)9(14)12-5-4-8-6-11-7-13-8/h6-7,9,12,14H,4-5H2,1-3H3,(H,11,13). The van der Waals surface area contributed by atoms with Gasteiger partial charge in [0.15, 0.2) is 0 Å². The van der Waals surface area contributed by atoms with Crippen LogP contribution < -0.4 is 5.32 Å². The van der Waals surface area contributed by atoms with Gasteiger partial charge >= 0.3 is 0 Å². The number of H-pyrrole nitrogens is 1. The zero-order valence-corrected chi connectivity index (χ0v) is 9.04. The summed E-state index contributed by atoms with van der Waals surface area (Å²) < 4.78 is 0. The fraction of sp³-hybridized carbons (Fsp3) is 0.700. The number of hydrogen-bond donors (Lipinski definition) is 3. The van der Waals surface area contributed by atoms with E-state index in [1.165, 1.54) is 0 Å². The van der Waals surface area contributed by atoms with Crippen LogP contribution in [-0.4, -0.2) is 27.8 Å². The Morgan fingerprint density at radius 3 is 2.79 bits per heavy atom. The maximum atomic E-state index is 9.68. The third-order valence-corrected chi connectivity index (χ3v) is 2.11. The van der Waals surface area contributed by atoms with E-state index >= 15 is 0 Å². The second kappa shape index (κ2) is 4.57. The molecule has 0 bridgehead atoms. The van der Waals surface area contributed by atoms with E-state index < -0.39 is 6.23 Å². The van der Waals surface area contributed by atoms with E-state index in [-0.39, 0.29) is 5.41 Å². The molecule has 4 nitrogen and oxygen atoms in total. The number of aromatic amines is 1. The van der Waals surface area contributed by atoms with Gasteiger partial charge < -0.3 is 10.1 Å². The zero-order valence-electron chi connectivity index (χ0n) is 9.04. The molecule has 0 aliphatic carbocycles. The van der Waals surface area contributed by atoms with Crippen molar-refractivity contribution in [2.75, 3.05) is 6.54 Å². The van der Waals surface area contributed by atoms with Crippen molar-refractivity contribution >= 4 is 0 Å². The van der Waals surface area contributed by atoms with Crippen LogP contribution in [0.5, 0.6) is 0 Å². The second-order valence-electron chi connectivity index (χ2n) is 4.55. The molecular formula is C10H19N3O. The van der Waals surface area contributed by atoms with Crippen LogP contribution in [0.4, 0.5) is 0 Å². The molecule has 1 atom stereocenters. The Kier molecular flexibility index (Phi) is 3.66. The summed E-state index contributed by atoms with van der Waals surface area (Å²) in [4.78, 5) is 6.94. The van der Waals surface area contributed by atoms with Crippen LogP contribution in [0.15, 0.2) is 12.5 Å². The first-order chi connectivity index (χ1) is 6.50. The van der Waals surface area contributed by atoms with Crippen LogP contribution in [0.1, 0.15) is 26.5 Å². The van der Waals surface area contributed by atoms with Gasteiger partial charge in [-0.3, -0.25) is 5.32 Å². The maximum Gasteiger partial charge on any atom is 0.109 e. The van der Waals surface area contributed by atoms with E-state index in [1.807, 2.05) is 20.8 Å². The minimum absolute atomic E-state index is 0.117. The highest BCUT2D eigenvalue weighted by Gasteiger charge is 2.20. The van der Waals surface area contributed by atoms with Crippen molar-refractivity contribution in [2.24, 2.45) is 5.41 Å². The van der Waals surface area contributed by atoms with Gasteiger partial charge in [0, 0.05) is 30.3 Å². The summed E-state index contributed by atoms with van der Waals surface area (Å²) in [5.74, 6) is 0. The smallest absolute Gasteiger partial charge is 0.109 e. The van der Waals surface area contributed by atoms with Crippen molar-refractivity contribution in [2.45, 2.75) is 33.4 Å². The Labute approximate surface area is 84.8 Å². The Morgan fingerprint density at radius 2 is 2.29 bits per heavy atom. The van der Waals surface area contributed by atoms with Gasteiger partial charge in [-0.15, -0.1) is 0 Å². The summed E-state index contributed by atoms with van der Waals surface area (Å²) >= 11 is 0. The SMILES string of the molecule is CC(C)(C)C(O)NCCc1cnc[nH]1. The average molecular weight is 197 g/mol. The van der Waals surface area contributed by atoms with Crippen molar-refractivity contribution < 1.29 is 5.11 Å². The highest BCUT2D eigenvalue weighted by atomic mass is 16.3. The number of imidazole rings is 1. The third kappa shape index (κ3) is 3.47. The van der Waals surface area contributed by atoms with Crippen LogP contribution >= 0.6 is 0 Å². The van der Waals surface area contributed by atoms with Gasteiger partial charge in [0.25, 0.3) is 0 Å². The fourth-order valence-electron chi connectivity index (χ4n) is 1.07. The number of aromatic nitrogens is 2. The summed E-state index contributed by atoms with van der Waals surface area (Å²) in [5, 5.41) is 12.7. The van der Waals surface area contributed by atoms with Crippen LogP contribution in [0.3, 0.4) is 0 Å². The number of rotatable bonds is 4. The first kappa shape index (κ1) is 11.2. The van der Waals surface area contributed by atoms with Crippen LogP contribution in [0.25, 0.3) is 0 Å². The van der Waals surface area contributed by atoms with Crippen LogP contribution in [-0.2, 0) is 6.42 Å². The van der Waals surface area contributed by atoms with E-state index in [0.29, 0.717) is 0 Å². The molecule has 0 saturated carbocycles. The average Bonchev–Trinajstić information content (AvgIpc) is 2.55. The van der Waals surface area contributed by atoms with Gasteiger partial charge in [-0.1, -0.05) is 20.8 Å². The molecule has 1 rings (SSSR count). The lowest BCUT2D eigenvalue weighted by Crippen LogP contribution is -2.40. The fourth-order valence-corrected chi connectivity index (χ4v) is 1.07. The van der Waals surface area contributed by atoms with E-state index in [2.05, 4.69) is 15.3 Å². The van der Waals surface area contributed by atoms with Gasteiger partial charge in [0.1, 0.15) is 6.23 Å². The third-order valence-electron chi connectivity index (χ3n) is 2.11. The highest BCUT2D eigenvalue weighted by molar-refractivity contribution is 4.94. The molecule has 80 valence electrons. The van der Waals surface area contributed by atoms with Crippen molar-refractivity contribution in [3.8, 4) is 0 Å². The Hall–Kier alpha value is -0.870. The summed E-state index contributed by atoms with van der Waals surface area (Å²) in [7, 11) is 0. The summed E-state index contributed by atoms with van der Waals surface area (Å²) in [6.07, 6.45) is 3.85. The quantitative estimate of drug-likeness (QED) is 0.629. The highest BCUT2D eigenvalue weighted by Crippen LogP contribution is 2.16. The lowest BCUT2D eigenvalue weighted by Gasteiger charge is -2.26. The molecule has 0 aliphatic rings. The predicted octanol–water partition coefficient (Wildman–Crippen LogP) is 0.906. The molecule has 0 aliphatic heterocycles. The van der Waals surface area contributed by atoms with E-state index in [4.69, 9.17) is 0 Å². The molecule has 1 aromatic heterocycles. The van der Waals surface area contributed by atoms with E-state index in [1.54, 1.807) is 12.5 Å². The van der Waals surface area contributed by atoms with Crippen molar-refractivity contribution in [1.82, 2.24) is 15.3 Å². The summed E-state index contributed by atoms with van der Waals surface area (Å²) in [5.41, 5.74) is 0.965. The molecule has 1 heterocycles. The van der Waals surface area contributed by atoms with Crippen LogP contribution in [0, 0.1) is 5.41 Å². The molecule has 0 aromatic carbocycles. The minimum atomic E-state index is -0.467. The molecular weight excluding hydrogens is 178 g/mol. The summed E-state index contributed by atoms with van der Waals surface area (Å²) in [6, 6.07) is 0. The second-order valence-corrected chi connectivity index (χ2v) is 4.55. The number of nitrogens with one attached hydrogen (secondary N) is 2. The maximum absolute atomic E-state index is 9.68.